The number of nitriles is 1. The lowest BCUT2D eigenvalue weighted by molar-refractivity contribution is 0.0898. The highest BCUT2D eigenvalue weighted by Crippen LogP contribution is 2.31. The van der Waals surface area contributed by atoms with Crippen LogP contribution in [0.1, 0.15) is 31.5 Å². The second-order valence-electron chi connectivity index (χ2n) is 7.29. The number of nitrogens with zero attached hydrogens (tertiary/aromatic N) is 5. The zero-order chi connectivity index (χ0) is 17.7. The number of pyridine rings is 1. The van der Waals surface area contributed by atoms with Crippen LogP contribution in [0.15, 0.2) is 30.6 Å². The Hall–Kier alpha value is -2.23. The van der Waals surface area contributed by atoms with Gasteiger partial charge in [0.2, 0.25) is 0 Å². The summed E-state index contributed by atoms with van der Waals surface area (Å²) in [6.45, 7) is 8.49. The summed E-state index contributed by atoms with van der Waals surface area (Å²) < 4.78 is 7.53. The Morgan fingerprint density at radius 3 is 2.96 bits per heavy atom. The first kappa shape index (κ1) is 17.6. The van der Waals surface area contributed by atoms with E-state index in [1.165, 1.54) is 11.3 Å². The fourth-order valence-corrected chi connectivity index (χ4v) is 3.39. The molecule has 1 aliphatic rings. The van der Waals surface area contributed by atoms with Crippen LogP contribution in [-0.2, 0) is 17.7 Å². The molecule has 6 nitrogen and oxygen atoms in total. The van der Waals surface area contributed by atoms with Crippen LogP contribution in [0.4, 0.5) is 0 Å². The van der Waals surface area contributed by atoms with Crippen molar-refractivity contribution in [3.05, 3.63) is 41.9 Å². The maximum atomic E-state index is 8.57. The number of hydrogen-bond donors (Lipinski definition) is 0. The largest absolute Gasteiger partial charge is 0.379 e. The van der Waals surface area contributed by atoms with Crippen molar-refractivity contribution < 1.29 is 4.74 Å². The van der Waals surface area contributed by atoms with Gasteiger partial charge < -0.3 is 4.74 Å². The normalized spacial score (nSPS) is 16.8. The monoisotopic (exact) mass is 339 g/mol. The minimum atomic E-state index is 0.143. The van der Waals surface area contributed by atoms with E-state index in [-0.39, 0.29) is 5.41 Å². The van der Waals surface area contributed by atoms with E-state index in [4.69, 9.17) is 10.00 Å². The first-order chi connectivity index (χ1) is 12.1. The highest BCUT2D eigenvalue weighted by Gasteiger charge is 2.30. The number of rotatable bonds is 6. The van der Waals surface area contributed by atoms with E-state index in [9.17, 15) is 0 Å². The highest BCUT2D eigenvalue weighted by molar-refractivity contribution is 5.30. The van der Waals surface area contributed by atoms with Crippen molar-refractivity contribution in [1.82, 2.24) is 19.7 Å². The molecule has 0 amide bonds. The van der Waals surface area contributed by atoms with Crippen LogP contribution in [0, 0.1) is 16.7 Å². The quantitative estimate of drug-likeness (QED) is 0.757. The molecule has 0 aliphatic carbocycles. The maximum absolute atomic E-state index is 8.57. The second-order valence-corrected chi connectivity index (χ2v) is 7.29. The molecule has 0 fully saturated rings. The van der Waals surface area contributed by atoms with Crippen molar-refractivity contribution in [3.63, 3.8) is 0 Å². The average molecular weight is 339 g/mol. The van der Waals surface area contributed by atoms with E-state index < -0.39 is 0 Å². The summed E-state index contributed by atoms with van der Waals surface area (Å²) in [6, 6.07) is 8.01. The van der Waals surface area contributed by atoms with E-state index in [1.54, 1.807) is 6.20 Å². The fraction of sp³-hybridized carbons (Fsp3) is 0.526. The molecule has 0 radical (unpaired) electrons. The maximum Gasteiger partial charge on any atom is 0.153 e. The van der Waals surface area contributed by atoms with Crippen LogP contribution in [-0.4, -0.2) is 46.0 Å². The molecule has 3 rings (SSSR count). The van der Waals surface area contributed by atoms with Gasteiger partial charge in [-0.05, 0) is 24.0 Å². The molecule has 0 spiro atoms. The molecule has 0 bridgehead atoms. The molecule has 0 atom stereocenters. The van der Waals surface area contributed by atoms with Gasteiger partial charge in [-0.1, -0.05) is 19.9 Å². The molecule has 1 aliphatic heterocycles. The van der Waals surface area contributed by atoms with Gasteiger partial charge in [0, 0.05) is 31.4 Å². The second kappa shape index (κ2) is 7.77. The summed E-state index contributed by atoms with van der Waals surface area (Å²) in [7, 11) is 0. The van der Waals surface area contributed by atoms with Gasteiger partial charge in [0.05, 0.1) is 37.6 Å². The van der Waals surface area contributed by atoms with Crippen molar-refractivity contribution in [2.24, 2.45) is 5.41 Å². The molecule has 0 saturated heterocycles. The zero-order valence-electron chi connectivity index (χ0n) is 15.0. The highest BCUT2D eigenvalue weighted by atomic mass is 16.5. The van der Waals surface area contributed by atoms with Crippen LogP contribution in [0.2, 0.25) is 0 Å². The van der Waals surface area contributed by atoms with Crippen molar-refractivity contribution in [2.45, 2.75) is 33.2 Å². The summed E-state index contributed by atoms with van der Waals surface area (Å²) >= 11 is 0. The third-order valence-corrected chi connectivity index (χ3v) is 4.42. The van der Waals surface area contributed by atoms with Gasteiger partial charge >= 0.3 is 0 Å². The average Bonchev–Trinajstić information content (AvgIpc) is 2.90. The minimum Gasteiger partial charge on any atom is -0.379 e. The molecule has 132 valence electrons. The van der Waals surface area contributed by atoms with Gasteiger partial charge in [0.25, 0.3) is 0 Å². The Kier molecular flexibility index (Phi) is 5.47. The van der Waals surface area contributed by atoms with Crippen LogP contribution < -0.4 is 0 Å². The number of aromatic nitrogens is 3. The SMILES string of the molecule is CC1(C)Cc2c(cnn2-c2ccccn2)CN(CCOCCC#N)C1. The fourth-order valence-electron chi connectivity index (χ4n) is 3.39. The van der Waals surface area contributed by atoms with Crippen LogP contribution in [0.5, 0.6) is 0 Å². The third-order valence-electron chi connectivity index (χ3n) is 4.42. The topological polar surface area (TPSA) is 67.0 Å². The molecule has 2 aromatic rings. The Bertz CT molecular complexity index is 732. The molecule has 0 saturated carbocycles. The van der Waals surface area contributed by atoms with Gasteiger partial charge in [-0.2, -0.15) is 10.4 Å². The van der Waals surface area contributed by atoms with Gasteiger partial charge in [0.1, 0.15) is 0 Å². The third kappa shape index (κ3) is 4.44. The lowest BCUT2D eigenvalue weighted by Crippen LogP contribution is -2.35. The van der Waals surface area contributed by atoms with Gasteiger partial charge in [-0.25, -0.2) is 9.67 Å². The lowest BCUT2D eigenvalue weighted by Gasteiger charge is -2.29. The molecule has 2 aromatic heterocycles. The van der Waals surface area contributed by atoms with Gasteiger partial charge in [-0.15, -0.1) is 0 Å². The first-order valence-electron chi connectivity index (χ1n) is 8.73. The van der Waals surface area contributed by atoms with E-state index in [1.807, 2.05) is 29.1 Å². The molecular formula is C19H25N5O. The standard InChI is InChI=1S/C19H25N5O/c1-19(2)12-17-16(13-22-24(17)18-6-3-4-8-21-18)14-23(15-19)9-11-25-10-5-7-20/h3-4,6,8,13H,5,9-12,14-15H2,1-2H3. The Morgan fingerprint density at radius 1 is 1.32 bits per heavy atom. The van der Waals surface area contributed by atoms with Crippen molar-refractivity contribution in [3.8, 4) is 11.9 Å². The smallest absolute Gasteiger partial charge is 0.153 e. The Balaban J connectivity index is 1.75. The van der Waals surface area contributed by atoms with E-state index >= 15 is 0 Å². The molecule has 0 aromatic carbocycles. The van der Waals surface area contributed by atoms with Crippen LogP contribution in [0.3, 0.4) is 0 Å². The summed E-state index contributed by atoms with van der Waals surface area (Å²) in [5.74, 6) is 0.868. The van der Waals surface area contributed by atoms with Crippen molar-refractivity contribution >= 4 is 0 Å². The van der Waals surface area contributed by atoms with Crippen LogP contribution >= 0.6 is 0 Å². The van der Waals surface area contributed by atoms with Crippen molar-refractivity contribution in [1.29, 1.82) is 5.26 Å². The summed E-state index contributed by atoms with van der Waals surface area (Å²) in [4.78, 5) is 6.86. The molecule has 3 heterocycles. The number of fused-ring (bicyclic) bond motifs is 1. The minimum absolute atomic E-state index is 0.143. The summed E-state index contributed by atoms with van der Waals surface area (Å²) in [6.07, 6.45) is 5.18. The number of hydrogen-bond acceptors (Lipinski definition) is 5. The molecular weight excluding hydrogens is 314 g/mol. The Labute approximate surface area is 149 Å². The van der Waals surface area contributed by atoms with E-state index in [2.05, 4.69) is 34.9 Å². The molecule has 0 unspecified atom stereocenters. The van der Waals surface area contributed by atoms with Gasteiger partial charge in [0.15, 0.2) is 5.82 Å². The zero-order valence-corrected chi connectivity index (χ0v) is 15.0. The number of ether oxygens (including phenoxy) is 1. The molecule has 25 heavy (non-hydrogen) atoms. The van der Waals surface area contributed by atoms with Crippen molar-refractivity contribution in [2.75, 3.05) is 26.3 Å². The molecule has 0 N–H and O–H groups in total. The summed E-state index contributed by atoms with van der Waals surface area (Å²) in [5.41, 5.74) is 2.65. The van der Waals surface area contributed by atoms with Crippen LogP contribution in [0.25, 0.3) is 5.82 Å². The van der Waals surface area contributed by atoms with E-state index in [0.717, 1.165) is 31.9 Å². The molecule has 6 heteroatoms. The Morgan fingerprint density at radius 2 is 2.20 bits per heavy atom. The van der Waals surface area contributed by atoms with E-state index in [0.29, 0.717) is 19.6 Å². The summed E-state index contributed by atoms with van der Waals surface area (Å²) in [5, 5.41) is 13.2. The predicted octanol–water partition coefficient (Wildman–Crippen LogP) is 2.58. The first-order valence-corrected chi connectivity index (χ1v) is 8.73. The lowest BCUT2D eigenvalue weighted by atomic mass is 9.87. The predicted molar refractivity (Wildman–Crippen MR) is 95.2 cm³/mol. The van der Waals surface area contributed by atoms with Gasteiger partial charge in [-0.3, -0.25) is 4.90 Å².